The highest BCUT2D eigenvalue weighted by Gasteiger charge is 2.21. The van der Waals surface area contributed by atoms with Crippen molar-refractivity contribution in [1.29, 1.82) is 0 Å². The molecule has 0 saturated carbocycles. The first-order valence-corrected chi connectivity index (χ1v) is 14.9. The molecule has 0 spiro atoms. The Hall–Kier alpha value is -4.69. The maximum Gasteiger partial charge on any atom is 0.264 e. The summed E-state index contributed by atoms with van der Waals surface area (Å²) >= 11 is 0. The van der Waals surface area contributed by atoms with Crippen molar-refractivity contribution in [2.75, 3.05) is 24.6 Å². The van der Waals surface area contributed by atoms with Crippen LogP contribution in [-0.2, 0) is 17.9 Å². The van der Waals surface area contributed by atoms with E-state index in [1.807, 2.05) is 83.8 Å². The monoisotopic (exact) mass is 578 g/mol. The Morgan fingerprint density at radius 3 is 2.44 bits per heavy atom. The number of fused-ring (bicyclic) bond motifs is 1. The van der Waals surface area contributed by atoms with E-state index < -0.39 is 0 Å². The summed E-state index contributed by atoms with van der Waals surface area (Å²) in [6, 6.07) is 26.2. The number of nitrogens with zero attached hydrogens (tertiary/aromatic N) is 2. The van der Waals surface area contributed by atoms with Gasteiger partial charge in [0.05, 0.1) is 6.20 Å². The Morgan fingerprint density at radius 2 is 1.63 bits per heavy atom. The van der Waals surface area contributed by atoms with Crippen molar-refractivity contribution >= 4 is 17.5 Å². The zero-order valence-corrected chi connectivity index (χ0v) is 24.3. The maximum atomic E-state index is 13.4. The molecule has 1 aliphatic rings. The molecule has 2 heterocycles. The third-order valence-electron chi connectivity index (χ3n) is 7.34. The number of hydrogen-bond donors (Lipinski definition) is 2. The first-order valence-electron chi connectivity index (χ1n) is 14.9. The summed E-state index contributed by atoms with van der Waals surface area (Å²) in [5.74, 6) is 1.75. The smallest absolute Gasteiger partial charge is 0.264 e. The molecule has 0 atom stereocenters. The number of amides is 2. The zero-order valence-electron chi connectivity index (χ0n) is 24.3. The minimum Gasteiger partial charge on any atom is -0.484 e. The van der Waals surface area contributed by atoms with Gasteiger partial charge in [0.2, 0.25) is 0 Å². The van der Waals surface area contributed by atoms with Gasteiger partial charge in [-0.2, -0.15) is 0 Å². The number of aromatic nitrogens is 1. The van der Waals surface area contributed by atoms with Gasteiger partial charge in [-0.15, -0.1) is 0 Å². The topological polar surface area (TPSA) is 92.8 Å². The lowest BCUT2D eigenvalue weighted by molar-refractivity contribution is -0.120. The number of carbonyl (C=O) groups excluding carboxylic acids is 2. The molecule has 4 aromatic rings. The van der Waals surface area contributed by atoms with Crippen molar-refractivity contribution in [3.63, 3.8) is 0 Å². The Kier molecular flexibility index (Phi) is 10.7. The quantitative estimate of drug-likeness (QED) is 0.256. The van der Waals surface area contributed by atoms with Crippen molar-refractivity contribution in [3.8, 4) is 17.2 Å². The van der Waals surface area contributed by atoms with Crippen LogP contribution in [0.5, 0.6) is 17.2 Å². The van der Waals surface area contributed by atoms with Crippen molar-refractivity contribution in [1.82, 2.24) is 15.6 Å². The first-order chi connectivity index (χ1) is 21.2. The number of hydrogen-bond acceptors (Lipinski definition) is 6. The van der Waals surface area contributed by atoms with E-state index in [9.17, 15) is 9.59 Å². The maximum absolute atomic E-state index is 13.4. The van der Waals surface area contributed by atoms with Crippen molar-refractivity contribution in [3.05, 3.63) is 114 Å². The number of rotatable bonds is 8. The lowest BCUT2D eigenvalue weighted by Gasteiger charge is -2.26. The summed E-state index contributed by atoms with van der Waals surface area (Å²) in [5.41, 5.74) is 3.24. The highest BCUT2D eigenvalue weighted by atomic mass is 16.5. The van der Waals surface area contributed by atoms with Crippen LogP contribution in [0.15, 0.2) is 97.3 Å². The van der Waals surface area contributed by atoms with Crippen LogP contribution < -0.4 is 25.0 Å². The minimum atomic E-state index is -0.171. The lowest BCUT2D eigenvalue weighted by atomic mass is 10.0. The highest BCUT2D eigenvalue weighted by Crippen LogP contribution is 2.25. The molecule has 5 rings (SSSR count). The van der Waals surface area contributed by atoms with E-state index in [-0.39, 0.29) is 18.4 Å². The van der Waals surface area contributed by atoms with Crippen LogP contribution in [0, 0.1) is 0 Å². The molecule has 43 heavy (non-hydrogen) atoms. The number of anilines is 1. The Balaban J connectivity index is 1.27. The van der Waals surface area contributed by atoms with Gasteiger partial charge in [-0.1, -0.05) is 49.6 Å². The highest BCUT2D eigenvalue weighted by molar-refractivity contribution is 5.98. The van der Waals surface area contributed by atoms with Crippen LogP contribution in [0.1, 0.15) is 53.6 Å². The number of nitrogens with one attached hydrogen (secondary N) is 2. The molecular weight excluding hydrogens is 540 g/mol. The Morgan fingerprint density at radius 1 is 0.837 bits per heavy atom. The number of benzene rings is 3. The van der Waals surface area contributed by atoms with E-state index in [4.69, 9.17) is 9.47 Å². The zero-order chi connectivity index (χ0) is 29.7. The van der Waals surface area contributed by atoms with Gasteiger partial charge in [-0.3, -0.25) is 14.6 Å². The van der Waals surface area contributed by atoms with E-state index in [1.54, 1.807) is 18.5 Å². The van der Waals surface area contributed by atoms with Gasteiger partial charge in [-0.25, -0.2) is 0 Å². The molecule has 0 saturated heterocycles. The molecule has 222 valence electrons. The molecule has 1 aromatic heterocycles. The number of carbonyl (C=O) groups is 2. The van der Waals surface area contributed by atoms with Crippen molar-refractivity contribution in [2.24, 2.45) is 0 Å². The molecule has 0 aliphatic carbocycles. The lowest BCUT2D eigenvalue weighted by Crippen LogP contribution is -2.37. The number of ether oxygens (including phenoxy) is 2. The van der Waals surface area contributed by atoms with Gasteiger partial charge in [0.15, 0.2) is 6.61 Å². The van der Waals surface area contributed by atoms with Gasteiger partial charge < -0.3 is 25.0 Å². The van der Waals surface area contributed by atoms with E-state index in [1.165, 1.54) is 0 Å². The van der Waals surface area contributed by atoms with Gasteiger partial charge in [0.25, 0.3) is 11.8 Å². The van der Waals surface area contributed by atoms with Gasteiger partial charge in [0, 0.05) is 37.1 Å². The van der Waals surface area contributed by atoms with Crippen LogP contribution in [-0.4, -0.2) is 36.5 Å². The molecule has 8 nitrogen and oxygen atoms in total. The summed E-state index contributed by atoms with van der Waals surface area (Å²) in [6.07, 6.45) is 8.75. The van der Waals surface area contributed by atoms with E-state index >= 15 is 0 Å². The predicted octanol–water partition coefficient (Wildman–Crippen LogP) is 6.27. The fraction of sp³-hybridized carbons (Fsp3) is 0.286. The van der Waals surface area contributed by atoms with Crippen LogP contribution in [0.25, 0.3) is 0 Å². The van der Waals surface area contributed by atoms with Crippen molar-refractivity contribution in [2.45, 2.75) is 45.2 Å². The first kappa shape index (κ1) is 29.8. The third kappa shape index (κ3) is 8.90. The minimum absolute atomic E-state index is 0.0504. The van der Waals surface area contributed by atoms with Gasteiger partial charge in [0.1, 0.15) is 17.2 Å². The van der Waals surface area contributed by atoms with E-state index in [2.05, 4.69) is 15.6 Å². The largest absolute Gasteiger partial charge is 0.484 e. The molecule has 1 aliphatic heterocycles. The molecule has 8 heteroatoms. The average molecular weight is 579 g/mol. The SMILES string of the molecule is O=C(NCc1ccc(Oc2cccnc2)cc1)c1ccc2c(c1)CNCCCCCCCN2C(=O)COc1ccccc1. The van der Waals surface area contributed by atoms with Gasteiger partial charge in [-0.05, 0) is 85.1 Å². The van der Waals surface area contributed by atoms with Gasteiger partial charge >= 0.3 is 0 Å². The molecule has 3 aromatic carbocycles. The third-order valence-corrected chi connectivity index (χ3v) is 7.34. The predicted molar refractivity (Wildman–Crippen MR) is 167 cm³/mol. The second-order valence-electron chi connectivity index (χ2n) is 10.6. The average Bonchev–Trinajstić information content (AvgIpc) is 3.04. The van der Waals surface area contributed by atoms with Crippen LogP contribution in [0.3, 0.4) is 0 Å². The van der Waals surface area contributed by atoms with Crippen LogP contribution in [0.2, 0.25) is 0 Å². The standard InChI is InChI=1S/C35H38N4O4/c40-34(26-42-30-10-5-4-6-11-30)39-21-8-3-1-2-7-19-36-24-29-22-28(15-18-33(29)39)35(41)38-23-27-13-16-31(17-14-27)43-32-12-9-20-37-25-32/h4-6,9-18,20,22,25,36H,1-3,7-8,19,21,23-24,26H2,(H,38,41). The Bertz CT molecular complexity index is 1460. The Labute approximate surface area is 253 Å². The summed E-state index contributed by atoms with van der Waals surface area (Å²) < 4.78 is 11.6. The van der Waals surface area contributed by atoms with Crippen LogP contribution >= 0.6 is 0 Å². The van der Waals surface area contributed by atoms with E-state index in [0.29, 0.717) is 42.4 Å². The molecule has 0 fully saturated rings. The number of pyridine rings is 1. The molecule has 0 bridgehead atoms. The summed E-state index contributed by atoms with van der Waals surface area (Å²) in [4.78, 5) is 32.5. The molecular formula is C35H38N4O4. The molecule has 0 unspecified atom stereocenters. The van der Waals surface area contributed by atoms with Crippen molar-refractivity contribution < 1.29 is 19.1 Å². The second-order valence-corrected chi connectivity index (χ2v) is 10.6. The second kappa shape index (κ2) is 15.5. The number of para-hydroxylation sites is 1. The summed E-state index contributed by atoms with van der Waals surface area (Å²) in [7, 11) is 0. The summed E-state index contributed by atoms with van der Waals surface area (Å²) in [6.45, 7) is 2.39. The van der Waals surface area contributed by atoms with E-state index in [0.717, 1.165) is 55.5 Å². The van der Waals surface area contributed by atoms with Crippen LogP contribution in [0.4, 0.5) is 5.69 Å². The normalized spacial score (nSPS) is 14.0. The molecule has 2 amide bonds. The fourth-order valence-electron chi connectivity index (χ4n) is 5.03. The molecule has 2 N–H and O–H groups in total. The summed E-state index contributed by atoms with van der Waals surface area (Å²) in [5, 5.41) is 6.53. The fourth-order valence-corrected chi connectivity index (χ4v) is 5.03. The molecule has 0 radical (unpaired) electrons.